The first kappa shape index (κ1) is 12.9. The van der Waals surface area contributed by atoms with E-state index in [1.165, 1.54) is 25.9 Å². The number of rotatable bonds is 2. The molecule has 1 aromatic carbocycles. The lowest BCUT2D eigenvalue weighted by Gasteiger charge is -2.44. The molecule has 21 heavy (non-hydrogen) atoms. The molecule has 1 atom stereocenters. The van der Waals surface area contributed by atoms with Crippen LogP contribution in [0.25, 0.3) is 11.0 Å². The van der Waals surface area contributed by atoms with Gasteiger partial charge < -0.3 is 14.6 Å². The highest BCUT2D eigenvalue weighted by Crippen LogP contribution is 2.28. The van der Waals surface area contributed by atoms with Gasteiger partial charge in [0.2, 0.25) is 0 Å². The highest BCUT2D eigenvalue weighted by Gasteiger charge is 2.34. The third kappa shape index (κ3) is 2.23. The Hall–Kier alpha value is -1.81. The molecule has 110 valence electrons. The maximum absolute atomic E-state index is 12.5. The minimum atomic E-state index is 0.0382. The Morgan fingerprint density at radius 2 is 2.14 bits per heavy atom. The van der Waals surface area contributed by atoms with Crippen molar-refractivity contribution in [3.05, 3.63) is 35.6 Å². The van der Waals surface area contributed by atoms with E-state index in [-0.39, 0.29) is 5.91 Å². The molecule has 3 aliphatic heterocycles. The van der Waals surface area contributed by atoms with E-state index in [9.17, 15) is 4.79 Å². The fourth-order valence-corrected chi connectivity index (χ4v) is 3.68. The molecule has 2 bridgehead atoms. The normalized spacial score (nSPS) is 28.0. The van der Waals surface area contributed by atoms with Crippen LogP contribution in [0.2, 0.25) is 0 Å². The molecule has 1 unspecified atom stereocenters. The van der Waals surface area contributed by atoms with Gasteiger partial charge in [0.05, 0.1) is 6.26 Å². The highest BCUT2D eigenvalue weighted by molar-refractivity contribution is 5.98. The highest BCUT2D eigenvalue weighted by atomic mass is 16.3. The summed E-state index contributed by atoms with van der Waals surface area (Å²) in [6.07, 6.45) is 4.16. The summed E-state index contributed by atoms with van der Waals surface area (Å²) >= 11 is 0. The second-order valence-electron chi connectivity index (χ2n) is 6.35. The van der Waals surface area contributed by atoms with E-state index in [4.69, 9.17) is 4.42 Å². The van der Waals surface area contributed by atoms with Gasteiger partial charge in [-0.15, -0.1) is 0 Å². The predicted molar refractivity (Wildman–Crippen MR) is 81.4 cm³/mol. The van der Waals surface area contributed by atoms with E-state index < -0.39 is 0 Å². The van der Waals surface area contributed by atoms with Gasteiger partial charge in [-0.05, 0) is 62.5 Å². The Bertz CT molecular complexity index is 683. The minimum Gasteiger partial charge on any atom is -0.464 e. The lowest BCUT2D eigenvalue weighted by atomic mass is 9.84. The fourth-order valence-electron chi connectivity index (χ4n) is 3.68. The van der Waals surface area contributed by atoms with Gasteiger partial charge in [-0.2, -0.15) is 0 Å². The van der Waals surface area contributed by atoms with Crippen LogP contribution in [0.4, 0.5) is 0 Å². The molecule has 0 spiro atoms. The van der Waals surface area contributed by atoms with E-state index >= 15 is 0 Å². The standard InChI is InChI=1S/C17H20N2O2/c1-11-10-21-16-3-2-13(8-14(11)16)17(20)18-15-9-19-6-4-12(15)5-7-19/h2-3,8,10,12,15H,4-7,9H2,1H3,(H,18,20). The Balaban J connectivity index is 1.54. The zero-order valence-corrected chi connectivity index (χ0v) is 12.3. The van der Waals surface area contributed by atoms with Crippen molar-refractivity contribution in [2.45, 2.75) is 25.8 Å². The lowest BCUT2D eigenvalue weighted by molar-refractivity contribution is 0.0620. The molecular formula is C17H20N2O2. The Kier molecular flexibility index (Phi) is 3.00. The summed E-state index contributed by atoms with van der Waals surface area (Å²) < 4.78 is 5.44. The van der Waals surface area contributed by atoms with Crippen LogP contribution in [0, 0.1) is 12.8 Å². The van der Waals surface area contributed by atoms with Crippen LogP contribution in [0.15, 0.2) is 28.9 Å². The first-order valence-corrected chi connectivity index (χ1v) is 7.72. The smallest absolute Gasteiger partial charge is 0.251 e. The van der Waals surface area contributed by atoms with Gasteiger partial charge in [0.15, 0.2) is 0 Å². The molecule has 4 heterocycles. The first-order valence-electron chi connectivity index (χ1n) is 7.72. The summed E-state index contributed by atoms with van der Waals surface area (Å²) in [5.74, 6) is 0.689. The quantitative estimate of drug-likeness (QED) is 0.922. The zero-order chi connectivity index (χ0) is 14.4. The van der Waals surface area contributed by atoms with Crippen molar-refractivity contribution in [2.75, 3.05) is 19.6 Å². The fraction of sp³-hybridized carbons (Fsp3) is 0.471. The maximum atomic E-state index is 12.5. The van der Waals surface area contributed by atoms with E-state index in [2.05, 4.69) is 10.2 Å². The number of nitrogens with one attached hydrogen (secondary N) is 1. The van der Waals surface area contributed by atoms with Gasteiger partial charge in [0.1, 0.15) is 5.58 Å². The van der Waals surface area contributed by atoms with Crippen LogP contribution in [0.3, 0.4) is 0 Å². The molecule has 1 aromatic heterocycles. The number of piperidine rings is 3. The van der Waals surface area contributed by atoms with Crippen LogP contribution in [0.1, 0.15) is 28.8 Å². The number of aryl methyl sites for hydroxylation is 1. The van der Waals surface area contributed by atoms with Crippen LogP contribution in [-0.4, -0.2) is 36.5 Å². The number of benzene rings is 1. The van der Waals surface area contributed by atoms with E-state index in [0.717, 1.165) is 28.6 Å². The van der Waals surface area contributed by atoms with Crippen molar-refractivity contribution >= 4 is 16.9 Å². The molecule has 3 aliphatic rings. The molecule has 3 fully saturated rings. The van der Waals surface area contributed by atoms with E-state index in [1.807, 2.05) is 25.1 Å². The predicted octanol–water partition coefficient (Wildman–Crippen LogP) is 2.57. The molecule has 1 amide bonds. The average Bonchev–Trinajstić information content (AvgIpc) is 2.89. The SMILES string of the molecule is Cc1coc2ccc(C(=O)NC3CN4CCC3CC4)cc12. The summed E-state index contributed by atoms with van der Waals surface area (Å²) in [5, 5.41) is 4.26. The van der Waals surface area contributed by atoms with E-state index in [1.54, 1.807) is 6.26 Å². The minimum absolute atomic E-state index is 0.0382. The Morgan fingerprint density at radius 3 is 2.86 bits per heavy atom. The van der Waals surface area contributed by atoms with Crippen molar-refractivity contribution in [1.29, 1.82) is 0 Å². The van der Waals surface area contributed by atoms with Gasteiger partial charge in [-0.25, -0.2) is 0 Å². The van der Waals surface area contributed by atoms with Crippen LogP contribution < -0.4 is 5.32 Å². The summed E-state index contributed by atoms with van der Waals surface area (Å²) in [5.41, 5.74) is 2.64. The van der Waals surface area contributed by atoms with E-state index in [0.29, 0.717) is 12.0 Å². The number of fused-ring (bicyclic) bond motifs is 4. The van der Waals surface area contributed by atoms with Crippen LogP contribution in [-0.2, 0) is 0 Å². The summed E-state index contributed by atoms with van der Waals surface area (Å²) in [7, 11) is 0. The third-order valence-electron chi connectivity index (χ3n) is 5.00. The molecule has 4 heteroatoms. The largest absolute Gasteiger partial charge is 0.464 e. The van der Waals surface area contributed by atoms with Gasteiger partial charge in [-0.1, -0.05) is 0 Å². The van der Waals surface area contributed by atoms with Gasteiger partial charge in [0, 0.05) is 23.5 Å². The molecule has 0 radical (unpaired) electrons. The monoisotopic (exact) mass is 284 g/mol. The number of furan rings is 1. The molecule has 5 rings (SSSR count). The number of nitrogens with zero attached hydrogens (tertiary/aromatic N) is 1. The Morgan fingerprint density at radius 1 is 1.33 bits per heavy atom. The van der Waals surface area contributed by atoms with Gasteiger partial charge in [-0.3, -0.25) is 4.79 Å². The molecule has 2 aromatic rings. The maximum Gasteiger partial charge on any atom is 0.251 e. The number of hydrogen-bond acceptors (Lipinski definition) is 3. The second kappa shape index (κ2) is 4.88. The number of hydrogen-bond donors (Lipinski definition) is 1. The van der Waals surface area contributed by atoms with Crippen molar-refractivity contribution in [3.8, 4) is 0 Å². The Labute approximate surface area is 124 Å². The zero-order valence-electron chi connectivity index (χ0n) is 12.3. The van der Waals surface area contributed by atoms with Gasteiger partial charge >= 0.3 is 0 Å². The van der Waals surface area contributed by atoms with Gasteiger partial charge in [0.25, 0.3) is 5.91 Å². The van der Waals surface area contributed by atoms with Crippen molar-refractivity contribution in [3.63, 3.8) is 0 Å². The number of carbonyl (C=O) groups is 1. The molecule has 3 saturated heterocycles. The third-order valence-corrected chi connectivity index (χ3v) is 5.00. The second-order valence-corrected chi connectivity index (χ2v) is 6.35. The molecule has 0 saturated carbocycles. The first-order chi connectivity index (χ1) is 10.2. The summed E-state index contributed by atoms with van der Waals surface area (Å²) in [4.78, 5) is 15.0. The molecule has 1 N–H and O–H groups in total. The average molecular weight is 284 g/mol. The van der Waals surface area contributed by atoms with Crippen LogP contribution in [0.5, 0.6) is 0 Å². The van der Waals surface area contributed by atoms with Crippen LogP contribution >= 0.6 is 0 Å². The molecule has 0 aliphatic carbocycles. The molecular weight excluding hydrogens is 264 g/mol. The summed E-state index contributed by atoms with van der Waals surface area (Å²) in [6, 6.07) is 5.97. The lowest BCUT2D eigenvalue weighted by Crippen LogP contribution is -2.57. The topological polar surface area (TPSA) is 45.5 Å². The summed E-state index contributed by atoms with van der Waals surface area (Å²) in [6.45, 7) is 5.39. The number of carbonyl (C=O) groups excluding carboxylic acids is 1. The number of amides is 1. The van der Waals surface area contributed by atoms with Crippen molar-refractivity contribution in [2.24, 2.45) is 5.92 Å². The molecule has 4 nitrogen and oxygen atoms in total. The van der Waals surface area contributed by atoms with Crippen molar-refractivity contribution < 1.29 is 9.21 Å². The van der Waals surface area contributed by atoms with Crippen molar-refractivity contribution in [1.82, 2.24) is 10.2 Å².